The molecule has 0 unspecified atom stereocenters. The van der Waals surface area contributed by atoms with E-state index in [2.05, 4.69) is 5.32 Å². The largest absolute Gasteiger partial charge is 0.453 e. The Morgan fingerprint density at radius 2 is 1.86 bits per heavy atom. The lowest BCUT2D eigenvalue weighted by molar-refractivity contribution is -0.154. The number of hydrogen-bond acceptors (Lipinski definition) is 4. The van der Waals surface area contributed by atoms with Gasteiger partial charge in [-0.1, -0.05) is 17.7 Å². The van der Waals surface area contributed by atoms with Gasteiger partial charge in [0.25, 0.3) is 5.91 Å². The molecule has 22 heavy (non-hydrogen) atoms. The number of nitrogens with one attached hydrogen (secondary N) is 1. The quantitative estimate of drug-likeness (QED) is 0.620. The van der Waals surface area contributed by atoms with Crippen LogP contribution in [0.15, 0.2) is 18.2 Å². The zero-order valence-corrected chi connectivity index (χ0v) is 13.6. The number of carbonyl (C=O) groups is 3. The molecule has 0 spiro atoms. The molecule has 1 aromatic carbocycles. The van der Waals surface area contributed by atoms with Gasteiger partial charge >= 0.3 is 5.97 Å². The summed E-state index contributed by atoms with van der Waals surface area (Å²) < 4.78 is 5.00. The zero-order valence-electron chi connectivity index (χ0n) is 13.6. The Balaban J connectivity index is 2.52. The van der Waals surface area contributed by atoms with Crippen LogP contribution < -0.4 is 5.32 Å². The molecular formula is C17H23NO4. The number of aryl methyl sites for hydroxylation is 2. The van der Waals surface area contributed by atoms with Gasteiger partial charge in [-0.15, -0.1) is 0 Å². The number of likely N-dealkylation sites (N-methyl/N-ethyl adjacent to an activating group) is 1. The van der Waals surface area contributed by atoms with Gasteiger partial charge in [-0.25, -0.2) is 0 Å². The van der Waals surface area contributed by atoms with Gasteiger partial charge in [-0.3, -0.25) is 14.4 Å². The van der Waals surface area contributed by atoms with Crippen LogP contribution >= 0.6 is 0 Å². The Morgan fingerprint density at radius 3 is 2.50 bits per heavy atom. The van der Waals surface area contributed by atoms with Gasteiger partial charge < -0.3 is 10.1 Å². The second kappa shape index (κ2) is 8.32. The Labute approximate surface area is 131 Å². The van der Waals surface area contributed by atoms with Crippen molar-refractivity contribution < 1.29 is 19.1 Å². The summed E-state index contributed by atoms with van der Waals surface area (Å²) >= 11 is 0. The fourth-order valence-corrected chi connectivity index (χ4v) is 2.01. The van der Waals surface area contributed by atoms with Crippen molar-refractivity contribution in [2.24, 2.45) is 0 Å². The maximum atomic E-state index is 12.2. The maximum Gasteiger partial charge on any atom is 0.307 e. The lowest BCUT2D eigenvalue weighted by Crippen LogP contribution is -2.35. The van der Waals surface area contributed by atoms with E-state index in [0.29, 0.717) is 12.1 Å². The minimum Gasteiger partial charge on any atom is -0.453 e. The smallest absolute Gasteiger partial charge is 0.307 e. The van der Waals surface area contributed by atoms with Crippen LogP contribution in [0.4, 0.5) is 0 Å². The first kappa shape index (κ1) is 17.9. The summed E-state index contributed by atoms with van der Waals surface area (Å²) in [5.74, 6) is -0.974. The van der Waals surface area contributed by atoms with Crippen LogP contribution in [0.1, 0.15) is 48.2 Å². The van der Waals surface area contributed by atoms with Gasteiger partial charge in [0.2, 0.25) is 0 Å². The molecule has 1 rings (SSSR count). The monoisotopic (exact) mass is 305 g/mol. The van der Waals surface area contributed by atoms with Crippen molar-refractivity contribution in [1.29, 1.82) is 0 Å². The van der Waals surface area contributed by atoms with Gasteiger partial charge in [0.05, 0.1) is 6.42 Å². The number of esters is 1. The predicted octanol–water partition coefficient (Wildman–Crippen LogP) is 2.33. The summed E-state index contributed by atoms with van der Waals surface area (Å²) in [5, 5.41) is 2.57. The number of Topliss-reactive ketones (excluding diaryl/α,β-unsaturated/α-hetero) is 1. The first-order chi connectivity index (χ1) is 10.3. The number of ether oxygens (including phenoxy) is 1. The third-order valence-electron chi connectivity index (χ3n) is 3.28. The standard InChI is InChI=1S/C17H23NO4/c1-5-18-17(21)13(4)22-16(20)9-8-15(19)14-10-11(2)6-7-12(14)3/h6-7,10,13H,5,8-9H2,1-4H3,(H,18,21)/t13-/m0/s1. The van der Waals surface area contributed by atoms with E-state index in [-0.39, 0.29) is 24.5 Å². The van der Waals surface area contributed by atoms with E-state index in [4.69, 9.17) is 4.74 Å². The van der Waals surface area contributed by atoms with Crippen LogP contribution in [0.2, 0.25) is 0 Å². The zero-order chi connectivity index (χ0) is 16.7. The highest BCUT2D eigenvalue weighted by atomic mass is 16.5. The van der Waals surface area contributed by atoms with E-state index in [1.807, 2.05) is 32.0 Å². The van der Waals surface area contributed by atoms with Gasteiger partial charge in [0.15, 0.2) is 11.9 Å². The summed E-state index contributed by atoms with van der Waals surface area (Å²) in [6.07, 6.45) is -0.801. The molecule has 0 saturated carbocycles. The fourth-order valence-electron chi connectivity index (χ4n) is 2.01. The first-order valence-electron chi connectivity index (χ1n) is 7.42. The van der Waals surface area contributed by atoms with Crippen LogP contribution in [0.25, 0.3) is 0 Å². The Hall–Kier alpha value is -2.17. The molecule has 0 aliphatic rings. The van der Waals surface area contributed by atoms with Crippen molar-refractivity contribution in [2.45, 2.75) is 46.6 Å². The lowest BCUT2D eigenvalue weighted by Gasteiger charge is -2.12. The van der Waals surface area contributed by atoms with Gasteiger partial charge in [-0.2, -0.15) is 0 Å². The van der Waals surface area contributed by atoms with Crippen molar-refractivity contribution in [3.63, 3.8) is 0 Å². The molecule has 0 saturated heterocycles. The third kappa shape index (κ3) is 5.31. The van der Waals surface area contributed by atoms with E-state index < -0.39 is 12.1 Å². The Morgan fingerprint density at radius 1 is 1.18 bits per heavy atom. The van der Waals surface area contributed by atoms with E-state index in [1.54, 1.807) is 6.92 Å². The molecule has 1 N–H and O–H groups in total. The molecule has 120 valence electrons. The Bertz CT molecular complexity index is 566. The Kier molecular flexibility index (Phi) is 6.76. The summed E-state index contributed by atoms with van der Waals surface area (Å²) in [7, 11) is 0. The van der Waals surface area contributed by atoms with E-state index in [9.17, 15) is 14.4 Å². The second-order valence-electron chi connectivity index (χ2n) is 5.27. The molecule has 0 aliphatic carbocycles. The molecule has 5 nitrogen and oxygen atoms in total. The summed E-state index contributed by atoms with van der Waals surface area (Å²) in [5.41, 5.74) is 2.52. The molecule has 1 amide bonds. The first-order valence-corrected chi connectivity index (χ1v) is 7.42. The topological polar surface area (TPSA) is 72.5 Å². The number of ketones is 1. The van der Waals surface area contributed by atoms with Crippen LogP contribution in [0.5, 0.6) is 0 Å². The molecule has 1 aromatic rings. The highest BCUT2D eigenvalue weighted by Gasteiger charge is 2.18. The lowest BCUT2D eigenvalue weighted by atomic mass is 9.99. The summed E-state index contributed by atoms with van der Waals surface area (Å²) in [6.45, 7) is 7.55. The van der Waals surface area contributed by atoms with E-state index >= 15 is 0 Å². The van der Waals surface area contributed by atoms with Crippen molar-refractivity contribution in [3.8, 4) is 0 Å². The molecule has 0 radical (unpaired) electrons. The minimum atomic E-state index is -0.844. The molecule has 1 atom stereocenters. The normalized spacial score (nSPS) is 11.6. The van der Waals surface area contributed by atoms with Gasteiger partial charge in [0, 0.05) is 18.5 Å². The van der Waals surface area contributed by atoms with Crippen molar-refractivity contribution in [2.75, 3.05) is 6.54 Å². The molecule has 0 aromatic heterocycles. The number of carbonyl (C=O) groups excluding carboxylic acids is 3. The second-order valence-corrected chi connectivity index (χ2v) is 5.27. The van der Waals surface area contributed by atoms with Crippen LogP contribution in [0, 0.1) is 13.8 Å². The summed E-state index contributed by atoms with van der Waals surface area (Å²) in [6, 6.07) is 5.65. The van der Waals surface area contributed by atoms with E-state index in [1.165, 1.54) is 6.92 Å². The fraction of sp³-hybridized carbons (Fsp3) is 0.471. The third-order valence-corrected chi connectivity index (χ3v) is 3.28. The number of rotatable bonds is 7. The van der Waals surface area contributed by atoms with Crippen molar-refractivity contribution in [3.05, 3.63) is 34.9 Å². The molecule has 0 fully saturated rings. The summed E-state index contributed by atoms with van der Waals surface area (Å²) in [4.78, 5) is 35.3. The molecule has 0 aliphatic heterocycles. The average molecular weight is 305 g/mol. The highest BCUT2D eigenvalue weighted by molar-refractivity contribution is 5.99. The van der Waals surface area contributed by atoms with Crippen molar-refractivity contribution >= 4 is 17.7 Å². The molecule has 0 bridgehead atoms. The molecular weight excluding hydrogens is 282 g/mol. The number of hydrogen-bond donors (Lipinski definition) is 1. The minimum absolute atomic E-state index is 0.0318. The van der Waals surface area contributed by atoms with Gasteiger partial charge in [0.1, 0.15) is 0 Å². The van der Waals surface area contributed by atoms with Crippen LogP contribution in [-0.2, 0) is 14.3 Å². The number of amides is 1. The van der Waals surface area contributed by atoms with E-state index in [0.717, 1.165) is 11.1 Å². The average Bonchev–Trinajstić information content (AvgIpc) is 2.47. The molecule has 0 heterocycles. The maximum absolute atomic E-state index is 12.2. The van der Waals surface area contributed by atoms with Crippen molar-refractivity contribution in [1.82, 2.24) is 5.32 Å². The van der Waals surface area contributed by atoms with Crippen LogP contribution in [-0.4, -0.2) is 30.3 Å². The number of benzene rings is 1. The van der Waals surface area contributed by atoms with Gasteiger partial charge in [-0.05, 0) is 39.3 Å². The predicted molar refractivity (Wildman–Crippen MR) is 83.7 cm³/mol. The van der Waals surface area contributed by atoms with Crippen LogP contribution in [0.3, 0.4) is 0 Å². The highest BCUT2D eigenvalue weighted by Crippen LogP contribution is 2.14. The molecule has 5 heteroatoms. The SMILES string of the molecule is CCNC(=O)[C@H](C)OC(=O)CCC(=O)c1cc(C)ccc1C.